The number of nitrogens with one attached hydrogen (secondary N) is 1. The molecule has 2 heterocycles. The van der Waals surface area contributed by atoms with Crippen LogP contribution in [0.25, 0.3) is 0 Å². The quantitative estimate of drug-likeness (QED) is 0.699. The maximum Gasteiger partial charge on any atom is 0.230 e. The van der Waals surface area contributed by atoms with Crippen LogP contribution in [0, 0.1) is 5.41 Å². The lowest BCUT2D eigenvalue weighted by Crippen LogP contribution is -2.53. The summed E-state index contributed by atoms with van der Waals surface area (Å²) in [5, 5.41) is 2.96. The summed E-state index contributed by atoms with van der Waals surface area (Å²) in [5.41, 5.74) is 5.33. The predicted molar refractivity (Wildman–Crippen MR) is 71.8 cm³/mol. The molecular formula is C13H25N3O3. The fourth-order valence-electron chi connectivity index (χ4n) is 2.52. The van der Waals surface area contributed by atoms with Gasteiger partial charge in [-0.3, -0.25) is 9.69 Å². The van der Waals surface area contributed by atoms with Crippen LogP contribution in [-0.4, -0.2) is 69.0 Å². The van der Waals surface area contributed by atoms with E-state index in [4.69, 9.17) is 15.2 Å². The summed E-state index contributed by atoms with van der Waals surface area (Å²) in [6.07, 6.45) is 0.0693. The van der Waals surface area contributed by atoms with Crippen LogP contribution in [0.3, 0.4) is 0 Å². The second-order valence-electron chi connectivity index (χ2n) is 5.64. The van der Waals surface area contributed by atoms with Crippen molar-refractivity contribution in [3.8, 4) is 0 Å². The Labute approximate surface area is 114 Å². The molecule has 2 aliphatic rings. The second-order valence-corrected chi connectivity index (χ2v) is 5.64. The van der Waals surface area contributed by atoms with Gasteiger partial charge in [0.2, 0.25) is 5.91 Å². The monoisotopic (exact) mass is 271 g/mol. The van der Waals surface area contributed by atoms with Gasteiger partial charge in [0.25, 0.3) is 0 Å². The Hall–Kier alpha value is -0.690. The van der Waals surface area contributed by atoms with E-state index in [9.17, 15) is 4.79 Å². The topological polar surface area (TPSA) is 76.8 Å². The number of nitrogens with zero attached hydrogens (tertiary/aromatic N) is 1. The summed E-state index contributed by atoms with van der Waals surface area (Å²) < 4.78 is 11.0. The molecule has 0 bridgehead atoms. The smallest absolute Gasteiger partial charge is 0.230 e. The summed E-state index contributed by atoms with van der Waals surface area (Å²) in [4.78, 5) is 14.6. The first-order valence-corrected chi connectivity index (χ1v) is 7.02. The molecule has 3 atom stereocenters. The minimum absolute atomic E-state index is 0.0327. The van der Waals surface area contributed by atoms with Gasteiger partial charge in [0, 0.05) is 25.7 Å². The molecule has 19 heavy (non-hydrogen) atoms. The van der Waals surface area contributed by atoms with Crippen molar-refractivity contribution in [2.75, 3.05) is 46.0 Å². The van der Waals surface area contributed by atoms with Gasteiger partial charge in [0.1, 0.15) is 0 Å². The van der Waals surface area contributed by atoms with Gasteiger partial charge in [0.15, 0.2) is 0 Å². The number of carbonyl (C=O) groups excluding carboxylic acids is 1. The first-order valence-electron chi connectivity index (χ1n) is 7.02. The highest BCUT2D eigenvalue weighted by molar-refractivity contribution is 5.83. The molecule has 3 unspecified atom stereocenters. The van der Waals surface area contributed by atoms with Crippen molar-refractivity contribution in [2.45, 2.75) is 26.0 Å². The zero-order valence-corrected chi connectivity index (χ0v) is 11.9. The highest BCUT2D eigenvalue weighted by atomic mass is 16.5. The van der Waals surface area contributed by atoms with Crippen LogP contribution < -0.4 is 11.1 Å². The fourth-order valence-corrected chi connectivity index (χ4v) is 2.52. The largest absolute Gasteiger partial charge is 0.379 e. The van der Waals surface area contributed by atoms with Crippen molar-refractivity contribution in [2.24, 2.45) is 11.1 Å². The SMILES string of the molecule is CCN1CCOC(CNC(=O)C2(C)COCC2N)C1. The lowest BCUT2D eigenvalue weighted by atomic mass is 9.85. The first kappa shape index (κ1) is 14.7. The van der Waals surface area contributed by atoms with Crippen LogP contribution in [0.2, 0.25) is 0 Å². The minimum atomic E-state index is -0.612. The van der Waals surface area contributed by atoms with E-state index in [1.54, 1.807) is 0 Å². The normalized spacial score (nSPS) is 36.4. The number of morpholine rings is 1. The van der Waals surface area contributed by atoms with Gasteiger partial charge in [-0.25, -0.2) is 0 Å². The summed E-state index contributed by atoms with van der Waals surface area (Å²) in [7, 11) is 0. The van der Waals surface area contributed by atoms with E-state index in [0.29, 0.717) is 19.8 Å². The lowest BCUT2D eigenvalue weighted by Gasteiger charge is -2.33. The maximum atomic E-state index is 12.2. The molecular weight excluding hydrogens is 246 g/mol. The Balaban J connectivity index is 1.80. The number of carbonyl (C=O) groups is 1. The third-order valence-corrected chi connectivity index (χ3v) is 4.20. The van der Waals surface area contributed by atoms with E-state index in [2.05, 4.69) is 17.1 Å². The molecule has 0 aliphatic carbocycles. The Morgan fingerprint density at radius 2 is 2.37 bits per heavy atom. The third-order valence-electron chi connectivity index (χ3n) is 4.20. The van der Waals surface area contributed by atoms with Crippen molar-refractivity contribution >= 4 is 5.91 Å². The van der Waals surface area contributed by atoms with Crippen LogP contribution in [0.1, 0.15) is 13.8 Å². The van der Waals surface area contributed by atoms with E-state index in [0.717, 1.165) is 26.2 Å². The minimum Gasteiger partial charge on any atom is -0.379 e. The molecule has 0 aromatic carbocycles. The van der Waals surface area contributed by atoms with E-state index < -0.39 is 5.41 Å². The Morgan fingerprint density at radius 1 is 1.58 bits per heavy atom. The average molecular weight is 271 g/mol. The van der Waals surface area contributed by atoms with Gasteiger partial charge >= 0.3 is 0 Å². The number of hydrogen-bond acceptors (Lipinski definition) is 5. The Morgan fingerprint density at radius 3 is 3.00 bits per heavy atom. The van der Waals surface area contributed by atoms with Gasteiger partial charge in [-0.05, 0) is 13.5 Å². The third kappa shape index (κ3) is 3.25. The number of amides is 1. The van der Waals surface area contributed by atoms with Crippen molar-refractivity contribution in [1.29, 1.82) is 0 Å². The number of likely N-dealkylation sites (N-methyl/N-ethyl adjacent to an activating group) is 1. The number of hydrogen-bond donors (Lipinski definition) is 2. The number of rotatable bonds is 4. The van der Waals surface area contributed by atoms with E-state index in [1.165, 1.54) is 0 Å². The van der Waals surface area contributed by atoms with Crippen LogP contribution in [0.4, 0.5) is 0 Å². The molecule has 3 N–H and O–H groups in total. The predicted octanol–water partition coefficient (Wildman–Crippen LogP) is -0.813. The summed E-state index contributed by atoms with van der Waals surface area (Å²) >= 11 is 0. The van der Waals surface area contributed by atoms with Gasteiger partial charge < -0.3 is 20.5 Å². The summed E-state index contributed by atoms with van der Waals surface area (Å²) in [6.45, 7) is 8.97. The molecule has 1 amide bonds. The molecule has 2 saturated heterocycles. The van der Waals surface area contributed by atoms with Gasteiger partial charge in [-0.2, -0.15) is 0 Å². The van der Waals surface area contributed by atoms with E-state index in [-0.39, 0.29) is 18.1 Å². The average Bonchev–Trinajstić information content (AvgIpc) is 2.77. The van der Waals surface area contributed by atoms with Crippen molar-refractivity contribution in [3.63, 3.8) is 0 Å². The standard InChI is InChI=1S/C13H25N3O3/c1-3-16-4-5-19-10(7-16)6-15-12(17)13(2)9-18-8-11(13)14/h10-11H,3-9,14H2,1-2H3,(H,15,17). The van der Waals surface area contributed by atoms with Crippen LogP contribution in [0.5, 0.6) is 0 Å². The van der Waals surface area contributed by atoms with Gasteiger partial charge in [-0.15, -0.1) is 0 Å². The van der Waals surface area contributed by atoms with Crippen molar-refractivity contribution < 1.29 is 14.3 Å². The van der Waals surface area contributed by atoms with Crippen LogP contribution in [0.15, 0.2) is 0 Å². The molecule has 2 rings (SSSR count). The van der Waals surface area contributed by atoms with Crippen molar-refractivity contribution in [1.82, 2.24) is 10.2 Å². The molecule has 2 aliphatic heterocycles. The molecule has 2 fully saturated rings. The molecule has 110 valence electrons. The summed E-state index contributed by atoms with van der Waals surface area (Å²) in [5.74, 6) is -0.0327. The lowest BCUT2D eigenvalue weighted by molar-refractivity contribution is -0.131. The van der Waals surface area contributed by atoms with Crippen LogP contribution >= 0.6 is 0 Å². The highest BCUT2D eigenvalue weighted by Crippen LogP contribution is 2.27. The zero-order valence-electron chi connectivity index (χ0n) is 11.9. The fraction of sp³-hybridized carbons (Fsp3) is 0.923. The maximum absolute atomic E-state index is 12.2. The number of ether oxygens (including phenoxy) is 2. The summed E-state index contributed by atoms with van der Waals surface area (Å²) in [6, 6.07) is -0.230. The molecule has 6 nitrogen and oxygen atoms in total. The highest BCUT2D eigenvalue weighted by Gasteiger charge is 2.44. The van der Waals surface area contributed by atoms with E-state index in [1.807, 2.05) is 6.92 Å². The Bertz CT molecular complexity index is 326. The number of nitrogens with two attached hydrogens (primary N) is 1. The molecule has 6 heteroatoms. The first-order chi connectivity index (χ1) is 9.06. The molecule has 0 spiro atoms. The zero-order chi connectivity index (χ0) is 13.9. The van der Waals surface area contributed by atoms with Crippen LogP contribution in [-0.2, 0) is 14.3 Å². The van der Waals surface area contributed by atoms with Gasteiger partial charge in [-0.1, -0.05) is 6.92 Å². The second kappa shape index (κ2) is 6.17. The molecule has 0 radical (unpaired) electrons. The Kier molecular flexibility index (Phi) is 4.78. The van der Waals surface area contributed by atoms with Gasteiger partial charge in [0.05, 0.1) is 31.3 Å². The molecule has 0 aromatic rings. The van der Waals surface area contributed by atoms with E-state index >= 15 is 0 Å². The molecule has 0 saturated carbocycles. The van der Waals surface area contributed by atoms with Crippen molar-refractivity contribution in [3.05, 3.63) is 0 Å². The molecule has 0 aromatic heterocycles.